The maximum atomic E-state index is 13.2. The molecule has 5 rings (SSSR count). The number of hydrogen-bond donors (Lipinski definition) is 0. The number of benzene rings is 2. The first-order valence-electron chi connectivity index (χ1n) is 8.86. The van der Waals surface area contributed by atoms with E-state index in [1.54, 1.807) is 31.3 Å². The van der Waals surface area contributed by atoms with E-state index >= 15 is 0 Å². The molecule has 3 heterocycles. The van der Waals surface area contributed by atoms with Crippen LogP contribution in [0.5, 0.6) is 17.2 Å². The molecule has 2 aromatic carbocycles. The normalized spacial score (nSPS) is 17.1. The predicted octanol–water partition coefficient (Wildman–Crippen LogP) is 2.62. The second kappa shape index (κ2) is 6.06. The Bertz CT molecular complexity index is 1280. The summed E-state index contributed by atoms with van der Waals surface area (Å²) in [7, 11) is 1.62. The number of nitrogens with zero attached hydrogens (tertiary/aromatic N) is 2. The molecular weight excluding hydrogens is 380 g/mol. The number of carbonyl (C=O) groups is 1. The van der Waals surface area contributed by atoms with Crippen molar-refractivity contribution in [2.45, 2.75) is 12.3 Å². The zero-order chi connectivity index (χ0) is 20.3. The summed E-state index contributed by atoms with van der Waals surface area (Å²) in [4.78, 5) is 36.8. The maximum absolute atomic E-state index is 13.2. The van der Waals surface area contributed by atoms with Gasteiger partial charge in [0, 0.05) is 23.9 Å². The lowest BCUT2D eigenvalue weighted by Crippen LogP contribution is -2.31. The van der Waals surface area contributed by atoms with Gasteiger partial charge in [-0.05, 0) is 18.2 Å². The summed E-state index contributed by atoms with van der Waals surface area (Å²) >= 11 is 0. The highest BCUT2D eigenvalue weighted by atomic mass is 16.7. The number of ether oxygens (including phenoxy) is 3. The van der Waals surface area contributed by atoms with Gasteiger partial charge in [-0.3, -0.25) is 19.7 Å². The lowest BCUT2D eigenvalue weighted by molar-refractivity contribution is -0.385. The summed E-state index contributed by atoms with van der Waals surface area (Å²) in [6.45, 7) is -0.0500. The molecule has 0 spiro atoms. The van der Waals surface area contributed by atoms with Crippen molar-refractivity contribution in [3.05, 3.63) is 68.0 Å². The second-order valence-electron chi connectivity index (χ2n) is 6.88. The van der Waals surface area contributed by atoms with E-state index < -0.39 is 16.8 Å². The Morgan fingerprint density at radius 2 is 1.86 bits per heavy atom. The van der Waals surface area contributed by atoms with E-state index in [2.05, 4.69) is 0 Å². The number of para-hydroxylation sites is 1. The summed E-state index contributed by atoms with van der Waals surface area (Å²) in [6.07, 6.45) is -0.193. The van der Waals surface area contributed by atoms with E-state index in [4.69, 9.17) is 14.2 Å². The van der Waals surface area contributed by atoms with Gasteiger partial charge in [0.25, 0.3) is 11.2 Å². The standard InChI is InChI=1S/C20H14N2O7/c1-21-13-5-3-2-4-10(13)19-18(20(21)24)12(7-17(23)29-19)11-6-15-16(28-9-27-15)8-14(11)22(25)26/h2-6,8,12H,7,9H2,1H3/t12-/m0/s1. The van der Waals surface area contributed by atoms with Gasteiger partial charge in [-0.15, -0.1) is 0 Å². The monoisotopic (exact) mass is 394 g/mol. The lowest BCUT2D eigenvalue weighted by Gasteiger charge is -2.26. The van der Waals surface area contributed by atoms with Crippen LogP contribution in [-0.2, 0) is 11.8 Å². The van der Waals surface area contributed by atoms with E-state index in [0.717, 1.165) is 0 Å². The zero-order valence-electron chi connectivity index (χ0n) is 15.2. The molecule has 0 saturated heterocycles. The number of esters is 1. The quantitative estimate of drug-likeness (QED) is 0.373. The van der Waals surface area contributed by atoms with Crippen molar-refractivity contribution in [1.29, 1.82) is 0 Å². The molecule has 146 valence electrons. The minimum absolute atomic E-state index is 0.0500. The van der Waals surface area contributed by atoms with Crippen LogP contribution in [0.2, 0.25) is 0 Å². The molecule has 2 aliphatic heterocycles. The number of rotatable bonds is 2. The summed E-state index contributed by atoms with van der Waals surface area (Å²) in [5, 5.41) is 12.3. The molecule has 0 bridgehead atoms. The van der Waals surface area contributed by atoms with Crippen LogP contribution < -0.4 is 19.8 Å². The summed E-state index contributed by atoms with van der Waals surface area (Å²) in [5.41, 5.74) is 0.417. The van der Waals surface area contributed by atoms with E-state index in [0.29, 0.717) is 16.7 Å². The zero-order valence-corrected chi connectivity index (χ0v) is 15.2. The van der Waals surface area contributed by atoms with Gasteiger partial charge < -0.3 is 18.8 Å². The van der Waals surface area contributed by atoms with Gasteiger partial charge in [0.15, 0.2) is 11.5 Å². The molecule has 3 aromatic rings. The van der Waals surface area contributed by atoms with Crippen LogP contribution in [0.25, 0.3) is 10.9 Å². The van der Waals surface area contributed by atoms with Crippen LogP contribution in [0, 0.1) is 10.1 Å². The van der Waals surface area contributed by atoms with E-state index in [1.807, 2.05) is 0 Å². The molecule has 0 N–H and O–H groups in total. The van der Waals surface area contributed by atoms with Gasteiger partial charge in [0.2, 0.25) is 6.79 Å². The predicted molar refractivity (Wildman–Crippen MR) is 101 cm³/mol. The third-order valence-electron chi connectivity index (χ3n) is 5.32. The molecule has 0 radical (unpaired) electrons. The number of fused-ring (bicyclic) bond motifs is 4. The molecule has 9 nitrogen and oxygen atoms in total. The molecule has 0 unspecified atom stereocenters. The topological polar surface area (TPSA) is 110 Å². The third-order valence-corrected chi connectivity index (χ3v) is 5.32. The Morgan fingerprint density at radius 3 is 2.62 bits per heavy atom. The summed E-state index contributed by atoms with van der Waals surface area (Å²) in [6, 6.07) is 9.78. The Labute approximate surface area is 163 Å². The van der Waals surface area contributed by atoms with Crippen molar-refractivity contribution >= 4 is 22.6 Å². The van der Waals surface area contributed by atoms with Crippen molar-refractivity contribution in [3.8, 4) is 17.2 Å². The average molecular weight is 394 g/mol. The molecular formula is C20H14N2O7. The van der Waals surface area contributed by atoms with E-state index in [9.17, 15) is 19.7 Å². The molecule has 0 amide bonds. The van der Waals surface area contributed by atoms with Crippen molar-refractivity contribution < 1.29 is 23.9 Å². The van der Waals surface area contributed by atoms with Gasteiger partial charge >= 0.3 is 5.97 Å². The Kier molecular flexibility index (Phi) is 3.60. The van der Waals surface area contributed by atoms with Crippen LogP contribution >= 0.6 is 0 Å². The van der Waals surface area contributed by atoms with Gasteiger partial charge in [0.1, 0.15) is 5.75 Å². The summed E-state index contributed by atoms with van der Waals surface area (Å²) < 4.78 is 17.5. The third kappa shape index (κ3) is 2.47. The number of aryl methyl sites for hydroxylation is 1. The van der Waals surface area contributed by atoms with Gasteiger partial charge in [-0.2, -0.15) is 0 Å². The lowest BCUT2D eigenvalue weighted by atomic mass is 9.85. The minimum atomic E-state index is -0.843. The molecule has 0 saturated carbocycles. The maximum Gasteiger partial charge on any atom is 0.312 e. The number of hydrogen-bond acceptors (Lipinski definition) is 7. The van der Waals surface area contributed by atoms with Crippen LogP contribution in [-0.4, -0.2) is 22.3 Å². The van der Waals surface area contributed by atoms with Crippen LogP contribution in [0.15, 0.2) is 41.2 Å². The number of pyridine rings is 1. The van der Waals surface area contributed by atoms with Crippen LogP contribution in [0.4, 0.5) is 5.69 Å². The summed E-state index contributed by atoms with van der Waals surface area (Å²) in [5.74, 6) is -0.664. The smallest absolute Gasteiger partial charge is 0.312 e. The van der Waals surface area contributed by atoms with Crippen LogP contribution in [0.1, 0.15) is 23.5 Å². The fourth-order valence-corrected chi connectivity index (χ4v) is 3.98. The number of nitro groups is 1. The highest BCUT2D eigenvalue weighted by Gasteiger charge is 2.38. The van der Waals surface area contributed by atoms with Crippen molar-refractivity contribution in [2.75, 3.05) is 6.79 Å². The fraction of sp³-hybridized carbons (Fsp3) is 0.200. The minimum Gasteiger partial charge on any atom is -0.454 e. The van der Waals surface area contributed by atoms with Crippen molar-refractivity contribution in [2.24, 2.45) is 7.05 Å². The highest BCUT2D eigenvalue weighted by molar-refractivity contribution is 5.92. The van der Waals surface area contributed by atoms with Gasteiger partial charge in [0.05, 0.1) is 28.5 Å². The van der Waals surface area contributed by atoms with Crippen molar-refractivity contribution in [1.82, 2.24) is 4.57 Å². The van der Waals surface area contributed by atoms with Crippen LogP contribution in [0.3, 0.4) is 0 Å². The molecule has 9 heteroatoms. The molecule has 2 aliphatic rings. The Morgan fingerprint density at radius 1 is 1.14 bits per heavy atom. The first-order valence-corrected chi connectivity index (χ1v) is 8.86. The fourth-order valence-electron chi connectivity index (χ4n) is 3.98. The molecule has 1 atom stereocenters. The molecule has 1 aromatic heterocycles. The molecule has 0 aliphatic carbocycles. The number of aromatic nitrogens is 1. The van der Waals surface area contributed by atoms with E-state index in [-0.39, 0.29) is 47.1 Å². The van der Waals surface area contributed by atoms with Crippen molar-refractivity contribution in [3.63, 3.8) is 0 Å². The van der Waals surface area contributed by atoms with E-state index in [1.165, 1.54) is 16.7 Å². The van der Waals surface area contributed by atoms with Gasteiger partial charge in [-0.1, -0.05) is 12.1 Å². The Hall–Kier alpha value is -3.88. The SMILES string of the molecule is Cn1c(=O)c2c(c3ccccc31)OC(=O)C[C@H]2c1cc2c(cc1[N+](=O)[O-])OCO2. The molecule has 0 fully saturated rings. The Balaban J connectivity index is 1.84. The number of carbonyl (C=O) groups excluding carboxylic acids is 1. The average Bonchev–Trinajstić information content (AvgIpc) is 3.18. The second-order valence-corrected chi connectivity index (χ2v) is 6.88. The number of nitro benzene ring substituents is 1. The molecule has 29 heavy (non-hydrogen) atoms. The largest absolute Gasteiger partial charge is 0.454 e. The highest BCUT2D eigenvalue weighted by Crippen LogP contribution is 2.47. The first-order chi connectivity index (χ1) is 14.0. The first kappa shape index (κ1) is 17.2. The van der Waals surface area contributed by atoms with Gasteiger partial charge in [-0.25, -0.2) is 0 Å².